The first-order valence-electron chi connectivity index (χ1n) is 9.71. The van der Waals surface area contributed by atoms with Crippen molar-refractivity contribution in [1.82, 2.24) is 4.98 Å². The van der Waals surface area contributed by atoms with Crippen molar-refractivity contribution in [3.05, 3.63) is 77.3 Å². The van der Waals surface area contributed by atoms with E-state index in [1.165, 1.54) is 12.1 Å². The van der Waals surface area contributed by atoms with E-state index in [-0.39, 0.29) is 17.1 Å². The number of nitrogens with zero attached hydrogens (tertiary/aromatic N) is 2. The Balaban J connectivity index is 1.40. The first-order valence-corrected chi connectivity index (χ1v) is 10.1. The maximum atomic E-state index is 12.4. The van der Waals surface area contributed by atoms with Crippen LogP contribution in [0.3, 0.4) is 0 Å². The van der Waals surface area contributed by atoms with E-state index < -0.39 is 11.9 Å². The number of H-pyrrole nitrogens is 1. The van der Waals surface area contributed by atoms with E-state index >= 15 is 0 Å². The van der Waals surface area contributed by atoms with Crippen LogP contribution in [0.2, 0.25) is 5.02 Å². The molecule has 0 radical (unpaired) electrons. The van der Waals surface area contributed by atoms with E-state index in [9.17, 15) is 14.7 Å². The van der Waals surface area contributed by atoms with Gasteiger partial charge in [0, 0.05) is 27.3 Å². The topological polar surface area (TPSA) is 128 Å². The summed E-state index contributed by atoms with van der Waals surface area (Å²) in [6.45, 7) is 0. The van der Waals surface area contributed by atoms with Crippen molar-refractivity contribution >= 4 is 51.5 Å². The second kappa shape index (κ2) is 9.41. The predicted octanol–water partition coefficient (Wildman–Crippen LogP) is 6.10. The van der Waals surface area contributed by atoms with Gasteiger partial charge in [-0.05, 0) is 66.7 Å². The van der Waals surface area contributed by atoms with Crippen molar-refractivity contribution in [2.24, 2.45) is 10.2 Å². The fraction of sp³-hybridized carbons (Fsp3) is 0.0435. The largest absolute Gasteiger partial charge is 0.497 e. The Morgan fingerprint density at radius 3 is 2.24 bits per heavy atom. The monoisotopic (exact) mass is 463 g/mol. The van der Waals surface area contributed by atoms with E-state index in [1.54, 1.807) is 61.7 Å². The SMILES string of the molecule is COc1ccc(NC(=O)Nc2ccc(C(=O)N=Nc3c(O)[nH]c4ccc(Cl)cc34)cc2)cc1. The molecule has 4 aromatic rings. The lowest BCUT2D eigenvalue weighted by atomic mass is 10.2. The number of urea groups is 1. The zero-order valence-electron chi connectivity index (χ0n) is 17.3. The number of hydrogen-bond donors (Lipinski definition) is 4. The van der Waals surface area contributed by atoms with Crippen LogP contribution >= 0.6 is 11.6 Å². The minimum atomic E-state index is -0.611. The summed E-state index contributed by atoms with van der Waals surface area (Å²) in [6, 6.07) is 17.6. The highest BCUT2D eigenvalue weighted by atomic mass is 35.5. The van der Waals surface area contributed by atoms with Crippen LogP contribution in [0, 0.1) is 0 Å². The van der Waals surface area contributed by atoms with Gasteiger partial charge in [-0.15, -0.1) is 10.2 Å². The summed E-state index contributed by atoms with van der Waals surface area (Å²) in [5.74, 6) is -0.145. The molecular formula is C23H18ClN5O4. The van der Waals surface area contributed by atoms with Gasteiger partial charge >= 0.3 is 6.03 Å². The second-order valence-electron chi connectivity index (χ2n) is 6.90. The summed E-state index contributed by atoms with van der Waals surface area (Å²) in [6.07, 6.45) is 0. The van der Waals surface area contributed by atoms with Crippen LogP contribution in [-0.4, -0.2) is 29.1 Å². The van der Waals surface area contributed by atoms with Gasteiger partial charge in [-0.3, -0.25) is 4.79 Å². The Bertz CT molecular complexity index is 1350. The van der Waals surface area contributed by atoms with Gasteiger partial charge in [0.15, 0.2) is 5.69 Å². The standard InChI is InChI=1S/C23H18ClN5O4/c1-33-17-9-7-16(8-10-17)26-23(32)25-15-5-2-13(3-6-15)21(30)29-28-20-18-12-14(24)4-11-19(18)27-22(20)31/h2-12,27,31H,1H3,(H2,25,26,32). The number of aromatic nitrogens is 1. The number of aromatic amines is 1. The molecule has 0 bridgehead atoms. The minimum absolute atomic E-state index is 0.120. The number of aromatic hydroxyl groups is 1. The van der Waals surface area contributed by atoms with Crippen molar-refractivity contribution in [2.75, 3.05) is 17.7 Å². The third-order valence-corrected chi connectivity index (χ3v) is 4.93. The molecule has 1 heterocycles. The molecule has 0 atom stereocenters. The number of benzene rings is 3. The highest BCUT2D eigenvalue weighted by Gasteiger charge is 2.12. The second-order valence-corrected chi connectivity index (χ2v) is 7.34. The van der Waals surface area contributed by atoms with Gasteiger partial charge < -0.3 is 25.5 Å². The lowest BCUT2D eigenvalue weighted by molar-refractivity contribution is 0.0995. The van der Waals surface area contributed by atoms with Crippen molar-refractivity contribution < 1.29 is 19.4 Å². The molecule has 0 spiro atoms. The first kappa shape index (κ1) is 21.8. The third kappa shape index (κ3) is 5.10. The van der Waals surface area contributed by atoms with Crippen LogP contribution in [0.1, 0.15) is 10.4 Å². The lowest BCUT2D eigenvalue weighted by Gasteiger charge is -2.08. The number of methoxy groups -OCH3 is 1. The molecule has 0 unspecified atom stereocenters. The molecule has 33 heavy (non-hydrogen) atoms. The molecule has 0 saturated heterocycles. The first-order chi connectivity index (χ1) is 15.9. The molecule has 4 rings (SSSR count). The summed E-state index contributed by atoms with van der Waals surface area (Å²) in [5.41, 5.74) is 2.08. The van der Waals surface area contributed by atoms with Crippen molar-refractivity contribution in [3.63, 3.8) is 0 Å². The molecule has 10 heteroatoms. The van der Waals surface area contributed by atoms with Crippen molar-refractivity contribution in [3.8, 4) is 11.6 Å². The quantitative estimate of drug-likeness (QED) is 0.266. The van der Waals surface area contributed by atoms with Crippen molar-refractivity contribution in [2.45, 2.75) is 0 Å². The Hall–Kier alpha value is -4.37. The molecule has 1 aromatic heterocycles. The van der Waals surface area contributed by atoms with Gasteiger partial charge in [0.05, 0.1) is 12.6 Å². The number of azo groups is 1. The van der Waals surface area contributed by atoms with E-state index in [2.05, 4.69) is 25.8 Å². The zero-order chi connectivity index (χ0) is 23.4. The molecule has 0 aliphatic carbocycles. The number of ether oxygens (including phenoxy) is 1. The maximum Gasteiger partial charge on any atom is 0.323 e. The van der Waals surface area contributed by atoms with Gasteiger partial charge in [0.2, 0.25) is 5.88 Å². The minimum Gasteiger partial charge on any atom is -0.497 e. The zero-order valence-corrected chi connectivity index (χ0v) is 18.1. The fourth-order valence-corrected chi connectivity index (χ4v) is 3.23. The molecule has 3 amide bonds. The summed E-state index contributed by atoms with van der Waals surface area (Å²) in [5, 5.41) is 24.0. The number of carbonyl (C=O) groups is 2. The number of carbonyl (C=O) groups excluding carboxylic acids is 2. The Kier molecular flexibility index (Phi) is 6.23. The highest BCUT2D eigenvalue weighted by Crippen LogP contribution is 2.36. The van der Waals surface area contributed by atoms with Gasteiger partial charge in [0.1, 0.15) is 5.75 Å². The van der Waals surface area contributed by atoms with E-state index in [0.717, 1.165) is 0 Å². The molecule has 0 aliphatic heterocycles. The number of fused-ring (bicyclic) bond motifs is 1. The van der Waals surface area contributed by atoms with Crippen molar-refractivity contribution in [1.29, 1.82) is 0 Å². The van der Waals surface area contributed by atoms with Gasteiger partial charge in [-0.2, -0.15) is 0 Å². The number of amides is 3. The molecule has 4 N–H and O–H groups in total. The normalized spacial score (nSPS) is 11.0. The van der Waals surface area contributed by atoms with Gasteiger partial charge in [-0.25, -0.2) is 4.79 Å². The summed E-state index contributed by atoms with van der Waals surface area (Å²) in [7, 11) is 1.56. The number of anilines is 2. The summed E-state index contributed by atoms with van der Waals surface area (Å²) < 4.78 is 5.08. The number of nitrogens with one attached hydrogen (secondary N) is 3. The number of rotatable bonds is 5. The van der Waals surface area contributed by atoms with Crippen LogP contribution in [0.25, 0.3) is 10.9 Å². The Labute approximate surface area is 193 Å². The third-order valence-electron chi connectivity index (χ3n) is 4.69. The Morgan fingerprint density at radius 1 is 0.970 bits per heavy atom. The van der Waals surface area contributed by atoms with Crippen LogP contribution in [-0.2, 0) is 0 Å². The molecule has 3 aromatic carbocycles. The summed E-state index contributed by atoms with van der Waals surface area (Å²) >= 11 is 5.99. The fourth-order valence-electron chi connectivity index (χ4n) is 3.05. The van der Waals surface area contributed by atoms with Crippen LogP contribution in [0.4, 0.5) is 21.9 Å². The maximum absolute atomic E-state index is 12.4. The van der Waals surface area contributed by atoms with E-state index in [0.29, 0.717) is 33.0 Å². The van der Waals surface area contributed by atoms with Gasteiger partial charge in [-0.1, -0.05) is 11.6 Å². The number of halogens is 1. The number of hydrogen-bond acceptors (Lipinski definition) is 5. The van der Waals surface area contributed by atoms with Gasteiger partial charge in [0.25, 0.3) is 5.91 Å². The average molecular weight is 464 g/mol. The molecule has 0 fully saturated rings. The van der Waals surface area contributed by atoms with Crippen LogP contribution in [0.15, 0.2) is 77.0 Å². The lowest BCUT2D eigenvalue weighted by Crippen LogP contribution is -2.19. The molecular weight excluding hydrogens is 446 g/mol. The molecule has 9 nitrogen and oxygen atoms in total. The predicted molar refractivity (Wildman–Crippen MR) is 126 cm³/mol. The van der Waals surface area contributed by atoms with Crippen LogP contribution < -0.4 is 15.4 Å². The Morgan fingerprint density at radius 2 is 1.61 bits per heavy atom. The molecule has 166 valence electrons. The molecule has 0 aliphatic rings. The smallest absolute Gasteiger partial charge is 0.323 e. The van der Waals surface area contributed by atoms with E-state index in [1.807, 2.05) is 0 Å². The summed E-state index contributed by atoms with van der Waals surface area (Å²) in [4.78, 5) is 27.3. The van der Waals surface area contributed by atoms with E-state index in [4.69, 9.17) is 16.3 Å². The highest BCUT2D eigenvalue weighted by molar-refractivity contribution is 6.31. The molecule has 0 saturated carbocycles. The van der Waals surface area contributed by atoms with Crippen LogP contribution in [0.5, 0.6) is 11.6 Å². The average Bonchev–Trinajstić information content (AvgIpc) is 3.12.